The van der Waals surface area contributed by atoms with Crippen LogP contribution in [0.15, 0.2) is 24.3 Å². The number of rotatable bonds is 4. The minimum atomic E-state index is -0.368. The van der Waals surface area contributed by atoms with Gasteiger partial charge < -0.3 is 9.64 Å². The SMILES string of the molecule is CC(=O)Oc1ccc(C(=O)CN(C)C)cc1. The monoisotopic (exact) mass is 221 g/mol. The number of carbonyl (C=O) groups excluding carboxylic acids is 2. The van der Waals surface area contributed by atoms with E-state index in [9.17, 15) is 9.59 Å². The summed E-state index contributed by atoms with van der Waals surface area (Å²) in [6.07, 6.45) is 0. The zero-order valence-corrected chi connectivity index (χ0v) is 9.69. The maximum absolute atomic E-state index is 11.6. The first-order valence-corrected chi connectivity index (χ1v) is 4.95. The molecule has 0 fully saturated rings. The second-order valence-electron chi connectivity index (χ2n) is 3.78. The van der Waals surface area contributed by atoms with Gasteiger partial charge in [0, 0.05) is 12.5 Å². The Labute approximate surface area is 94.8 Å². The minimum Gasteiger partial charge on any atom is -0.427 e. The highest BCUT2D eigenvalue weighted by atomic mass is 16.5. The number of likely N-dealkylation sites (N-methyl/N-ethyl adjacent to an activating group) is 1. The molecule has 0 bridgehead atoms. The van der Waals surface area contributed by atoms with Crippen molar-refractivity contribution in [3.63, 3.8) is 0 Å². The van der Waals surface area contributed by atoms with E-state index in [0.717, 1.165) is 0 Å². The second kappa shape index (κ2) is 5.42. The quantitative estimate of drug-likeness (QED) is 0.437. The number of Topliss-reactive ketones (excluding diaryl/α,β-unsaturated/α-hetero) is 1. The molecule has 0 aromatic heterocycles. The summed E-state index contributed by atoms with van der Waals surface area (Å²) in [5.41, 5.74) is 0.615. The molecular weight excluding hydrogens is 206 g/mol. The van der Waals surface area contributed by atoms with E-state index in [0.29, 0.717) is 17.9 Å². The number of esters is 1. The number of hydrogen-bond acceptors (Lipinski definition) is 4. The Balaban J connectivity index is 2.71. The molecule has 4 nitrogen and oxygen atoms in total. The number of nitrogens with zero attached hydrogens (tertiary/aromatic N) is 1. The lowest BCUT2D eigenvalue weighted by molar-refractivity contribution is -0.131. The number of carbonyl (C=O) groups is 2. The van der Waals surface area contributed by atoms with E-state index in [4.69, 9.17) is 4.74 Å². The number of hydrogen-bond donors (Lipinski definition) is 0. The van der Waals surface area contributed by atoms with Gasteiger partial charge in [0.05, 0.1) is 6.54 Å². The lowest BCUT2D eigenvalue weighted by atomic mass is 10.1. The van der Waals surface area contributed by atoms with E-state index in [2.05, 4.69) is 0 Å². The molecule has 0 radical (unpaired) electrons. The molecule has 0 heterocycles. The Hall–Kier alpha value is -1.68. The van der Waals surface area contributed by atoms with Crippen molar-refractivity contribution < 1.29 is 14.3 Å². The molecule has 0 amide bonds. The number of ether oxygens (including phenoxy) is 1. The van der Waals surface area contributed by atoms with Crippen LogP contribution in [0, 0.1) is 0 Å². The van der Waals surface area contributed by atoms with Gasteiger partial charge in [0.1, 0.15) is 5.75 Å². The molecule has 0 aliphatic heterocycles. The third-order valence-electron chi connectivity index (χ3n) is 1.90. The standard InChI is InChI=1S/C12H15NO3/c1-9(14)16-11-6-4-10(5-7-11)12(15)8-13(2)3/h4-7H,8H2,1-3H3. The molecule has 0 atom stereocenters. The summed E-state index contributed by atoms with van der Waals surface area (Å²) >= 11 is 0. The smallest absolute Gasteiger partial charge is 0.308 e. The van der Waals surface area contributed by atoms with Gasteiger partial charge in [-0.15, -0.1) is 0 Å². The molecule has 0 N–H and O–H groups in total. The van der Waals surface area contributed by atoms with Crippen molar-refractivity contribution in [3.05, 3.63) is 29.8 Å². The van der Waals surface area contributed by atoms with E-state index < -0.39 is 0 Å². The van der Waals surface area contributed by atoms with Gasteiger partial charge in [0.15, 0.2) is 5.78 Å². The van der Waals surface area contributed by atoms with Crippen molar-refractivity contribution in [1.29, 1.82) is 0 Å². The zero-order valence-electron chi connectivity index (χ0n) is 9.69. The van der Waals surface area contributed by atoms with Crippen molar-refractivity contribution in [3.8, 4) is 5.75 Å². The van der Waals surface area contributed by atoms with Crippen LogP contribution >= 0.6 is 0 Å². The highest BCUT2D eigenvalue weighted by Crippen LogP contribution is 2.12. The summed E-state index contributed by atoms with van der Waals surface area (Å²) in [5.74, 6) is 0.126. The fourth-order valence-electron chi connectivity index (χ4n) is 1.25. The average molecular weight is 221 g/mol. The molecule has 1 rings (SSSR count). The van der Waals surface area contributed by atoms with Crippen molar-refractivity contribution >= 4 is 11.8 Å². The third kappa shape index (κ3) is 3.82. The Morgan fingerprint density at radius 3 is 2.19 bits per heavy atom. The summed E-state index contributed by atoms with van der Waals surface area (Å²) in [4.78, 5) is 24.1. The van der Waals surface area contributed by atoms with Crippen LogP contribution in [0.4, 0.5) is 0 Å². The van der Waals surface area contributed by atoms with Crippen molar-refractivity contribution in [1.82, 2.24) is 4.90 Å². The molecule has 0 unspecified atom stereocenters. The van der Waals surface area contributed by atoms with Gasteiger partial charge in [-0.25, -0.2) is 0 Å². The largest absolute Gasteiger partial charge is 0.427 e. The van der Waals surface area contributed by atoms with Gasteiger partial charge in [-0.3, -0.25) is 9.59 Å². The molecule has 16 heavy (non-hydrogen) atoms. The molecule has 0 spiro atoms. The minimum absolute atomic E-state index is 0.0411. The molecule has 1 aromatic carbocycles. The lowest BCUT2D eigenvalue weighted by Gasteiger charge is -2.08. The summed E-state index contributed by atoms with van der Waals surface area (Å²) in [5, 5.41) is 0. The molecule has 0 aliphatic rings. The molecule has 0 saturated heterocycles. The fraction of sp³-hybridized carbons (Fsp3) is 0.333. The van der Waals surface area contributed by atoms with Crippen molar-refractivity contribution in [2.24, 2.45) is 0 Å². The Kier molecular flexibility index (Phi) is 4.19. The third-order valence-corrected chi connectivity index (χ3v) is 1.90. The van der Waals surface area contributed by atoms with Crippen LogP contribution in [-0.4, -0.2) is 37.3 Å². The highest BCUT2D eigenvalue weighted by Gasteiger charge is 2.07. The van der Waals surface area contributed by atoms with Gasteiger partial charge in [-0.2, -0.15) is 0 Å². The van der Waals surface area contributed by atoms with Crippen LogP contribution in [0.3, 0.4) is 0 Å². The molecule has 0 aliphatic carbocycles. The van der Waals surface area contributed by atoms with E-state index in [1.807, 2.05) is 19.0 Å². The van der Waals surface area contributed by atoms with Gasteiger partial charge in [-0.05, 0) is 38.4 Å². The van der Waals surface area contributed by atoms with Gasteiger partial charge >= 0.3 is 5.97 Å². The molecule has 1 aromatic rings. The van der Waals surface area contributed by atoms with Crippen LogP contribution in [0.1, 0.15) is 17.3 Å². The second-order valence-corrected chi connectivity index (χ2v) is 3.78. The van der Waals surface area contributed by atoms with E-state index in [-0.39, 0.29) is 11.8 Å². The maximum atomic E-state index is 11.6. The van der Waals surface area contributed by atoms with Crippen LogP contribution in [0.2, 0.25) is 0 Å². The summed E-state index contributed by atoms with van der Waals surface area (Å²) in [6, 6.07) is 6.54. The fourth-order valence-corrected chi connectivity index (χ4v) is 1.25. The predicted octanol–water partition coefficient (Wildman–Crippen LogP) is 1.36. The Morgan fingerprint density at radius 1 is 1.19 bits per heavy atom. The zero-order chi connectivity index (χ0) is 12.1. The van der Waals surface area contributed by atoms with Gasteiger partial charge in [0.2, 0.25) is 0 Å². The first kappa shape index (κ1) is 12.4. The van der Waals surface area contributed by atoms with E-state index in [1.54, 1.807) is 24.3 Å². The Bertz CT molecular complexity index is 382. The summed E-state index contributed by atoms with van der Waals surface area (Å²) in [7, 11) is 3.68. The first-order chi connectivity index (χ1) is 7.49. The maximum Gasteiger partial charge on any atom is 0.308 e. The number of ketones is 1. The number of benzene rings is 1. The predicted molar refractivity (Wildman–Crippen MR) is 60.6 cm³/mol. The van der Waals surface area contributed by atoms with Crippen LogP contribution in [0.25, 0.3) is 0 Å². The molecule has 4 heteroatoms. The average Bonchev–Trinajstić information content (AvgIpc) is 2.16. The molecular formula is C12H15NO3. The Morgan fingerprint density at radius 2 is 1.75 bits per heavy atom. The summed E-state index contributed by atoms with van der Waals surface area (Å²) in [6.45, 7) is 1.71. The van der Waals surface area contributed by atoms with Crippen molar-refractivity contribution in [2.75, 3.05) is 20.6 Å². The molecule has 86 valence electrons. The van der Waals surface area contributed by atoms with E-state index >= 15 is 0 Å². The topological polar surface area (TPSA) is 46.6 Å². The molecule has 0 saturated carbocycles. The van der Waals surface area contributed by atoms with E-state index in [1.165, 1.54) is 6.92 Å². The summed E-state index contributed by atoms with van der Waals surface area (Å²) < 4.78 is 4.87. The van der Waals surface area contributed by atoms with Crippen LogP contribution < -0.4 is 4.74 Å². The van der Waals surface area contributed by atoms with Gasteiger partial charge in [-0.1, -0.05) is 0 Å². The first-order valence-electron chi connectivity index (χ1n) is 4.95. The van der Waals surface area contributed by atoms with Crippen molar-refractivity contribution in [2.45, 2.75) is 6.92 Å². The van der Waals surface area contributed by atoms with Crippen LogP contribution in [0.5, 0.6) is 5.75 Å². The lowest BCUT2D eigenvalue weighted by Crippen LogP contribution is -2.21. The van der Waals surface area contributed by atoms with Crippen LogP contribution in [-0.2, 0) is 4.79 Å². The highest BCUT2D eigenvalue weighted by molar-refractivity contribution is 5.97. The normalized spacial score (nSPS) is 10.2. The van der Waals surface area contributed by atoms with Gasteiger partial charge in [0.25, 0.3) is 0 Å².